The molecule has 2 rings (SSSR count). The van der Waals surface area contributed by atoms with Crippen molar-refractivity contribution in [3.05, 3.63) is 53.2 Å². The third kappa shape index (κ3) is 7.53. The zero-order chi connectivity index (χ0) is 18.9. The minimum Gasteiger partial charge on any atom is -0.481 e. The van der Waals surface area contributed by atoms with E-state index in [9.17, 15) is 8.78 Å². The number of halogens is 3. The van der Waals surface area contributed by atoms with E-state index in [-0.39, 0.29) is 29.7 Å². The van der Waals surface area contributed by atoms with Crippen LogP contribution >= 0.6 is 24.0 Å². The first-order valence-corrected chi connectivity index (χ1v) is 7.99. The Morgan fingerprint density at radius 1 is 1.19 bits per heavy atom. The Hall–Kier alpha value is -2.17. The number of nitrogens with one attached hydrogen (secondary N) is 2. The number of nitrogens with zero attached hydrogens (tertiary/aromatic N) is 2. The first-order chi connectivity index (χ1) is 12.5. The molecule has 0 spiro atoms. The second-order valence-corrected chi connectivity index (χ2v) is 5.48. The number of aromatic nitrogens is 1. The van der Waals surface area contributed by atoms with E-state index in [1.165, 1.54) is 6.07 Å². The highest BCUT2D eigenvalue weighted by molar-refractivity contribution is 14.0. The van der Waals surface area contributed by atoms with E-state index >= 15 is 0 Å². The third-order valence-corrected chi connectivity index (χ3v) is 3.57. The van der Waals surface area contributed by atoms with Crippen LogP contribution in [0.1, 0.15) is 16.7 Å². The summed E-state index contributed by atoms with van der Waals surface area (Å²) in [6, 6.07) is 8.74. The second kappa shape index (κ2) is 11.5. The summed E-state index contributed by atoms with van der Waals surface area (Å²) in [7, 11) is 3.19. The Morgan fingerprint density at radius 2 is 1.93 bits per heavy atom. The molecule has 1 aromatic heterocycles. The molecule has 9 heteroatoms. The Balaban J connectivity index is 0.00000364. The molecule has 0 saturated heterocycles. The van der Waals surface area contributed by atoms with E-state index < -0.39 is 6.61 Å². The lowest BCUT2D eigenvalue weighted by Gasteiger charge is -2.15. The number of aryl methyl sites for hydroxylation is 1. The lowest BCUT2D eigenvalue weighted by molar-refractivity contribution is -0.0504. The molecule has 0 saturated carbocycles. The molecule has 0 aliphatic rings. The van der Waals surface area contributed by atoms with Gasteiger partial charge in [0.2, 0.25) is 5.88 Å². The highest BCUT2D eigenvalue weighted by Gasteiger charge is 2.10. The molecule has 0 fully saturated rings. The number of methoxy groups -OCH3 is 1. The molecule has 0 aliphatic carbocycles. The van der Waals surface area contributed by atoms with Crippen molar-refractivity contribution in [2.45, 2.75) is 26.6 Å². The Bertz CT molecular complexity index is 760. The number of rotatable bonds is 7. The van der Waals surface area contributed by atoms with Crippen LogP contribution in [0.15, 0.2) is 41.5 Å². The fourth-order valence-electron chi connectivity index (χ4n) is 2.31. The molecule has 0 amide bonds. The molecule has 0 aliphatic heterocycles. The summed E-state index contributed by atoms with van der Waals surface area (Å²) in [5, 5.41) is 6.24. The molecular weight excluding hydrogens is 469 g/mol. The van der Waals surface area contributed by atoms with Gasteiger partial charge in [-0.05, 0) is 24.6 Å². The van der Waals surface area contributed by atoms with Crippen molar-refractivity contribution in [3.63, 3.8) is 0 Å². The van der Waals surface area contributed by atoms with Crippen molar-refractivity contribution in [2.75, 3.05) is 14.2 Å². The molecule has 6 nitrogen and oxygen atoms in total. The average molecular weight is 492 g/mol. The molecule has 2 aromatic rings. The van der Waals surface area contributed by atoms with Crippen molar-refractivity contribution < 1.29 is 18.3 Å². The summed E-state index contributed by atoms with van der Waals surface area (Å²) >= 11 is 0. The van der Waals surface area contributed by atoms with Gasteiger partial charge in [0, 0.05) is 38.0 Å². The molecule has 1 aromatic carbocycles. The summed E-state index contributed by atoms with van der Waals surface area (Å²) < 4.78 is 34.7. The maximum atomic E-state index is 12.5. The van der Waals surface area contributed by atoms with E-state index in [1.54, 1.807) is 32.5 Å². The number of hydrogen-bond acceptors (Lipinski definition) is 4. The largest absolute Gasteiger partial charge is 0.481 e. The molecule has 0 radical (unpaired) electrons. The highest BCUT2D eigenvalue weighted by atomic mass is 127. The van der Waals surface area contributed by atoms with Crippen molar-refractivity contribution in [1.82, 2.24) is 15.6 Å². The van der Waals surface area contributed by atoms with Crippen molar-refractivity contribution in [1.29, 1.82) is 0 Å². The summed E-state index contributed by atoms with van der Waals surface area (Å²) in [6.07, 6.45) is 1.66. The fourth-order valence-corrected chi connectivity index (χ4v) is 2.31. The van der Waals surface area contributed by atoms with Gasteiger partial charge in [-0.15, -0.1) is 24.0 Å². The van der Waals surface area contributed by atoms with Crippen LogP contribution in [0, 0.1) is 6.92 Å². The van der Waals surface area contributed by atoms with E-state index in [1.807, 2.05) is 19.1 Å². The highest BCUT2D eigenvalue weighted by Crippen LogP contribution is 2.22. The van der Waals surface area contributed by atoms with Crippen LogP contribution < -0.4 is 20.1 Å². The van der Waals surface area contributed by atoms with E-state index in [0.29, 0.717) is 30.5 Å². The first-order valence-electron chi connectivity index (χ1n) is 7.99. The number of guanidine groups is 1. The van der Waals surface area contributed by atoms with Gasteiger partial charge in [-0.25, -0.2) is 4.98 Å². The number of alkyl halides is 2. The molecular formula is C18H23F2IN4O2. The molecule has 148 valence electrons. The lowest BCUT2D eigenvalue weighted by atomic mass is 10.1. The van der Waals surface area contributed by atoms with Gasteiger partial charge in [0.25, 0.3) is 0 Å². The van der Waals surface area contributed by atoms with Crippen LogP contribution in [0.3, 0.4) is 0 Å². The van der Waals surface area contributed by atoms with Crippen LogP contribution in [0.25, 0.3) is 0 Å². The molecule has 0 bridgehead atoms. The quantitative estimate of drug-likeness (QED) is 0.352. The topological polar surface area (TPSA) is 67.8 Å². The lowest BCUT2D eigenvalue weighted by Crippen LogP contribution is -2.36. The van der Waals surface area contributed by atoms with Gasteiger partial charge < -0.3 is 20.1 Å². The summed E-state index contributed by atoms with van der Waals surface area (Å²) in [5.41, 5.74) is 2.55. The van der Waals surface area contributed by atoms with E-state index in [2.05, 4.69) is 25.3 Å². The molecule has 1 heterocycles. The van der Waals surface area contributed by atoms with Crippen LogP contribution in [-0.4, -0.2) is 31.7 Å². The normalized spacial score (nSPS) is 11.0. The van der Waals surface area contributed by atoms with Crippen molar-refractivity contribution >= 4 is 29.9 Å². The van der Waals surface area contributed by atoms with Gasteiger partial charge in [-0.2, -0.15) is 8.78 Å². The Kier molecular flexibility index (Phi) is 9.76. The SMILES string of the molecule is CN=C(NCc1ccnc(OC)c1)NCc1cc(C)ccc1OC(F)F.I. The minimum absolute atomic E-state index is 0. The minimum atomic E-state index is -2.87. The third-order valence-electron chi connectivity index (χ3n) is 3.57. The summed E-state index contributed by atoms with van der Waals surface area (Å²) in [4.78, 5) is 8.18. The smallest absolute Gasteiger partial charge is 0.387 e. The number of benzene rings is 1. The van der Waals surface area contributed by atoms with Gasteiger partial charge in [0.1, 0.15) is 5.75 Å². The summed E-state index contributed by atoms with van der Waals surface area (Å²) in [6.45, 7) is -0.175. The number of ether oxygens (including phenoxy) is 2. The Labute approximate surface area is 174 Å². The average Bonchev–Trinajstić information content (AvgIpc) is 2.63. The number of aliphatic imine (C=N–C) groups is 1. The Morgan fingerprint density at radius 3 is 2.59 bits per heavy atom. The van der Waals surface area contributed by atoms with Gasteiger partial charge in [0.15, 0.2) is 5.96 Å². The number of pyridine rings is 1. The zero-order valence-electron chi connectivity index (χ0n) is 15.3. The fraction of sp³-hybridized carbons (Fsp3) is 0.333. The van der Waals surface area contributed by atoms with Crippen LogP contribution in [-0.2, 0) is 13.1 Å². The predicted octanol–water partition coefficient (Wildman–Crippen LogP) is 3.48. The first kappa shape index (κ1) is 22.9. The molecule has 27 heavy (non-hydrogen) atoms. The van der Waals surface area contributed by atoms with Crippen LogP contribution in [0.2, 0.25) is 0 Å². The van der Waals surface area contributed by atoms with E-state index in [0.717, 1.165) is 11.1 Å². The molecule has 0 unspecified atom stereocenters. The summed E-state index contributed by atoms with van der Waals surface area (Å²) in [5.74, 6) is 1.21. The molecule has 0 atom stereocenters. The monoisotopic (exact) mass is 492 g/mol. The maximum Gasteiger partial charge on any atom is 0.387 e. The van der Waals surface area contributed by atoms with Crippen molar-refractivity contribution in [2.24, 2.45) is 4.99 Å². The second-order valence-electron chi connectivity index (χ2n) is 5.48. The van der Waals surface area contributed by atoms with Gasteiger partial charge in [-0.3, -0.25) is 4.99 Å². The van der Waals surface area contributed by atoms with Crippen molar-refractivity contribution in [3.8, 4) is 11.6 Å². The number of hydrogen-bond donors (Lipinski definition) is 2. The predicted molar refractivity (Wildman–Crippen MR) is 111 cm³/mol. The van der Waals surface area contributed by atoms with Gasteiger partial charge >= 0.3 is 6.61 Å². The van der Waals surface area contributed by atoms with Gasteiger partial charge in [-0.1, -0.05) is 17.7 Å². The maximum absolute atomic E-state index is 12.5. The van der Waals surface area contributed by atoms with Crippen LogP contribution in [0.4, 0.5) is 8.78 Å². The standard InChI is InChI=1S/C18H22F2N4O2.HI/c1-12-4-5-15(26-17(19)20)14(8-12)11-24-18(21-2)23-10-13-6-7-22-16(9-13)25-3;/h4-9,17H,10-11H2,1-3H3,(H2,21,23,24);1H. The van der Waals surface area contributed by atoms with E-state index in [4.69, 9.17) is 4.74 Å². The molecule has 2 N–H and O–H groups in total. The van der Waals surface area contributed by atoms with Crippen LogP contribution in [0.5, 0.6) is 11.6 Å². The van der Waals surface area contributed by atoms with Gasteiger partial charge in [0.05, 0.1) is 7.11 Å². The zero-order valence-corrected chi connectivity index (χ0v) is 17.7.